The number of hydrogen-bond acceptors (Lipinski definition) is 3. The number of aliphatic hydroxyl groups is 1. The van der Waals surface area contributed by atoms with Gasteiger partial charge in [0.05, 0.1) is 12.0 Å². The molecule has 4 atom stereocenters. The van der Waals surface area contributed by atoms with Crippen molar-refractivity contribution in [2.45, 2.75) is 44.1 Å². The summed E-state index contributed by atoms with van der Waals surface area (Å²) in [6.07, 6.45) is 10.4. The zero-order valence-electron chi connectivity index (χ0n) is 11.1. The number of fused-ring (bicyclic) bond motifs is 4. The van der Waals surface area contributed by atoms with Gasteiger partial charge in [-0.3, -0.25) is 4.79 Å². The van der Waals surface area contributed by atoms with Gasteiger partial charge < -0.3 is 9.84 Å². The molecule has 0 amide bonds. The van der Waals surface area contributed by atoms with Crippen LogP contribution in [0.25, 0.3) is 0 Å². The zero-order chi connectivity index (χ0) is 13.0. The largest absolute Gasteiger partial charge is 0.461 e. The molecule has 3 aliphatic carbocycles. The summed E-state index contributed by atoms with van der Waals surface area (Å²) in [4.78, 5) is 11.4. The maximum Gasteiger partial charge on any atom is 0.309 e. The van der Waals surface area contributed by atoms with E-state index in [1.54, 1.807) is 0 Å². The number of ether oxygens (including phenoxy) is 1. The number of carbonyl (C=O) groups excluding carboxylic acids is 1. The molecule has 0 radical (unpaired) electrons. The third-order valence-electron chi connectivity index (χ3n) is 5.66. The van der Waals surface area contributed by atoms with Crippen LogP contribution in [0.5, 0.6) is 0 Å². The quantitative estimate of drug-likeness (QED) is 0.680. The summed E-state index contributed by atoms with van der Waals surface area (Å²) in [6, 6.07) is 0. The lowest BCUT2D eigenvalue weighted by atomic mass is 9.64. The first kappa shape index (κ1) is 11.7. The summed E-state index contributed by atoms with van der Waals surface area (Å²) in [5, 5.41) is 10.7. The Bertz CT molecular complexity index is 490. The van der Waals surface area contributed by atoms with Crippen LogP contribution in [0.1, 0.15) is 38.5 Å². The summed E-state index contributed by atoms with van der Waals surface area (Å²) in [5.41, 5.74) is 1.35. The van der Waals surface area contributed by atoms with E-state index >= 15 is 0 Å². The number of rotatable bonds is 0. The molecule has 1 saturated carbocycles. The second kappa shape index (κ2) is 3.95. The lowest BCUT2D eigenvalue weighted by Crippen LogP contribution is -2.46. The van der Waals surface area contributed by atoms with Gasteiger partial charge in [-0.25, -0.2) is 0 Å². The van der Waals surface area contributed by atoms with Crippen molar-refractivity contribution < 1.29 is 14.6 Å². The van der Waals surface area contributed by atoms with E-state index < -0.39 is 5.60 Å². The van der Waals surface area contributed by atoms with Crippen LogP contribution in [0, 0.1) is 17.8 Å². The highest BCUT2D eigenvalue weighted by atomic mass is 16.5. The van der Waals surface area contributed by atoms with Gasteiger partial charge in [0, 0.05) is 5.57 Å². The van der Waals surface area contributed by atoms with Crippen molar-refractivity contribution in [1.29, 1.82) is 0 Å². The van der Waals surface area contributed by atoms with Crippen LogP contribution in [0.3, 0.4) is 0 Å². The minimum atomic E-state index is -0.920. The summed E-state index contributed by atoms with van der Waals surface area (Å²) < 4.78 is 5.18. The van der Waals surface area contributed by atoms with Crippen molar-refractivity contribution in [1.82, 2.24) is 0 Å². The highest BCUT2D eigenvalue weighted by Gasteiger charge is 2.48. The molecule has 0 bridgehead atoms. The first-order valence-electron chi connectivity index (χ1n) is 7.47. The highest BCUT2D eigenvalue weighted by molar-refractivity contribution is 5.74. The Morgan fingerprint density at radius 1 is 1.32 bits per heavy atom. The molecule has 1 unspecified atom stereocenters. The molecule has 3 nitrogen and oxygen atoms in total. The van der Waals surface area contributed by atoms with E-state index in [4.69, 9.17) is 4.74 Å². The van der Waals surface area contributed by atoms with Crippen LogP contribution in [0.15, 0.2) is 23.3 Å². The van der Waals surface area contributed by atoms with Crippen LogP contribution >= 0.6 is 0 Å². The van der Waals surface area contributed by atoms with Crippen molar-refractivity contribution in [3.05, 3.63) is 23.3 Å². The fourth-order valence-electron chi connectivity index (χ4n) is 4.70. The van der Waals surface area contributed by atoms with E-state index in [0.717, 1.165) is 30.3 Å². The van der Waals surface area contributed by atoms with Crippen molar-refractivity contribution >= 4 is 5.97 Å². The predicted molar refractivity (Wildman–Crippen MR) is 70.2 cm³/mol. The summed E-state index contributed by atoms with van der Waals surface area (Å²) >= 11 is 0. The van der Waals surface area contributed by atoms with Gasteiger partial charge >= 0.3 is 5.97 Å². The Morgan fingerprint density at radius 2 is 2.21 bits per heavy atom. The maximum atomic E-state index is 11.4. The molecule has 19 heavy (non-hydrogen) atoms. The molecular formula is C16H20O3. The molecule has 4 rings (SSSR count). The van der Waals surface area contributed by atoms with Gasteiger partial charge in [-0.1, -0.05) is 18.6 Å². The molecule has 0 spiro atoms. The van der Waals surface area contributed by atoms with Gasteiger partial charge in [0.2, 0.25) is 0 Å². The Morgan fingerprint density at radius 3 is 3.11 bits per heavy atom. The second-order valence-corrected chi connectivity index (χ2v) is 6.57. The van der Waals surface area contributed by atoms with Gasteiger partial charge in [-0.15, -0.1) is 0 Å². The maximum absolute atomic E-state index is 11.4. The van der Waals surface area contributed by atoms with Crippen molar-refractivity contribution in [2.75, 3.05) is 6.61 Å². The molecule has 1 N–H and O–H groups in total. The lowest BCUT2D eigenvalue weighted by molar-refractivity contribution is -0.154. The van der Waals surface area contributed by atoms with Gasteiger partial charge in [-0.05, 0) is 49.0 Å². The van der Waals surface area contributed by atoms with Crippen LogP contribution in [-0.4, -0.2) is 23.3 Å². The Kier molecular flexibility index (Phi) is 2.44. The van der Waals surface area contributed by atoms with Crippen molar-refractivity contribution in [3.8, 4) is 0 Å². The Balaban J connectivity index is 1.78. The van der Waals surface area contributed by atoms with Crippen molar-refractivity contribution in [3.63, 3.8) is 0 Å². The lowest BCUT2D eigenvalue weighted by Gasteiger charge is -2.45. The fourth-order valence-corrected chi connectivity index (χ4v) is 4.70. The molecule has 102 valence electrons. The number of hydrogen-bond donors (Lipinski definition) is 1. The van der Waals surface area contributed by atoms with E-state index in [-0.39, 0.29) is 12.4 Å². The van der Waals surface area contributed by atoms with Crippen LogP contribution in [-0.2, 0) is 9.53 Å². The van der Waals surface area contributed by atoms with Crippen LogP contribution in [0.2, 0.25) is 0 Å². The third kappa shape index (κ3) is 1.64. The molecule has 2 fully saturated rings. The van der Waals surface area contributed by atoms with E-state index in [2.05, 4.69) is 12.2 Å². The van der Waals surface area contributed by atoms with E-state index in [1.807, 2.05) is 0 Å². The monoisotopic (exact) mass is 260 g/mol. The van der Waals surface area contributed by atoms with Gasteiger partial charge in [0.25, 0.3) is 0 Å². The molecule has 4 aliphatic rings. The SMILES string of the molecule is O=C1CC2(O)CC[C@@H]3C(=C2CO1)C=C[C@@H]1CCC[C@H]13. The average molecular weight is 260 g/mol. The topological polar surface area (TPSA) is 46.5 Å². The molecule has 1 aliphatic heterocycles. The Hall–Kier alpha value is -1.09. The van der Waals surface area contributed by atoms with E-state index in [9.17, 15) is 9.90 Å². The molecule has 1 saturated heterocycles. The Labute approximate surface area is 113 Å². The number of esters is 1. The van der Waals surface area contributed by atoms with E-state index in [1.165, 1.54) is 24.8 Å². The average Bonchev–Trinajstić information content (AvgIpc) is 2.85. The first-order chi connectivity index (χ1) is 9.17. The van der Waals surface area contributed by atoms with Crippen molar-refractivity contribution in [2.24, 2.45) is 17.8 Å². The summed E-state index contributed by atoms with van der Waals surface area (Å²) in [5.74, 6) is 1.83. The summed E-state index contributed by atoms with van der Waals surface area (Å²) in [6.45, 7) is 0.295. The molecule has 3 heteroatoms. The van der Waals surface area contributed by atoms with Gasteiger partial charge in [0.1, 0.15) is 6.61 Å². The molecular weight excluding hydrogens is 240 g/mol. The summed E-state index contributed by atoms with van der Waals surface area (Å²) in [7, 11) is 0. The molecule has 0 aromatic rings. The van der Waals surface area contributed by atoms with Crippen LogP contribution in [0.4, 0.5) is 0 Å². The molecule has 1 heterocycles. The predicted octanol–water partition coefficient (Wildman–Crippen LogP) is 2.36. The number of allylic oxidation sites excluding steroid dienone is 3. The van der Waals surface area contributed by atoms with E-state index in [0.29, 0.717) is 12.5 Å². The standard InChI is InChI=1S/C16H20O3/c17-15-8-16(18)7-6-12-11-3-1-2-10(11)4-5-13(12)14(16)9-19-15/h4-5,10-12,18H,1-3,6-9H2/t10-,11+,12-,16?/m0/s1. The zero-order valence-corrected chi connectivity index (χ0v) is 11.1. The first-order valence-corrected chi connectivity index (χ1v) is 7.47. The third-order valence-corrected chi connectivity index (χ3v) is 5.66. The minimum absolute atomic E-state index is 0.139. The van der Waals surface area contributed by atoms with Gasteiger partial charge in [0.15, 0.2) is 0 Å². The number of cyclic esters (lactones) is 1. The normalized spacial score (nSPS) is 44.5. The number of carbonyl (C=O) groups is 1. The highest BCUT2D eigenvalue weighted by Crippen LogP contribution is 2.52. The smallest absolute Gasteiger partial charge is 0.309 e. The minimum Gasteiger partial charge on any atom is -0.461 e. The van der Waals surface area contributed by atoms with Crippen LogP contribution < -0.4 is 0 Å². The molecule has 0 aromatic carbocycles. The molecule has 0 aromatic heterocycles. The second-order valence-electron chi connectivity index (χ2n) is 6.57. The van der Waals surface area contributed by atoms with Gasteiger partial charge in [-0.2, -0.15) is 0 Å². The fraction of sp³-hybridized carbons (Fsp3) is 0.688.